The van der Waals surface area contributed by atoms with Crippen LogP contribution < -0.4 is 4.74 Å². The van der Waals surface area contributed by atoms with Crippen LogP contribution in [0.3, 0.4) is 0 Å². The largest absolute Gasteiger partial charge is 0.494 e. The summed E-state index contributed by atoms with van der Waals surface area (Å²) in [6, 6.07) is 5.88. The fourth-order valence-corrected chi connectivity index (χ4v) is 2.81. The number of rotatable bonds is 7. The maximum absolute atomic E-state index is 11.1. The first kappa shape index (κ1) is 17.1. The van der Waals surface area contributed by atoms with Gasteiger partial charge in [-0.15, -0.1) is 0 Å². The lowest BCUT2D eigenvalue weighted by atomic mass is 10.1. The van der Waals surface area contributed by atoms with Crippen molar-refractivity contribution in [1.82, 2.24) is 0 Å². The van der Waals surface area contributed by atoms with Crippen LogP contribution in [0.2, 0.25) is 0 Å². The number of benzene rings is 1. The molecule has 0 aromatic heterocycles. The van der Waals surface area contributed by atoms with Crippen molar-refractivity contribution in [3.05, 3.63) is 29.3 Å². The van der Waals surface area contributed by atoms with Gasteiger partial charge in [-0.2, -0.15) is 0 Å². The average molecular weight is 312 g/mol. The summed E-state index contributed by atoms with van der Waals surface area (Å²) < 4.78 is 5.62. The van der Waals surface area contributed by atoms with Crippen LogP contribution >= 0.6 is 23.5 Å². The van der Waals surface area contributed by atoms with Gasteiger partial charge in [0.05, 0.1) is 6.61 Å². The molecule has 0 N–H and O–H groups in total. The molecule has 110 valence electrons. The number of hydrogen-bond donors (Lipinski definition) is 0. The molecule has 0 bridgehead atoms. The Kier molecular flexibility index (Phi) is 7.77. The van der Waals surface area contributed by atoms with Crippen molar-refractivity contribution in [3.63, 3.8) is 0 Å². The molecule has 0 aliphatic carbocycles. The van der Waals surface area contributed by atoms with E-state index in [2.05, 4.69) is 6.92 Å². The Morgan fingerprint density at radius 3 is 2.20 bits per heavy atom. The van der Waals surface area contributed by atoms with E-state index in [0.717, 1.165) is 23.3 Å². The van der Waals surface area contributed by atoms with E-state index in [1.165, 1.54) is 23.5 Å². The Morgan fingerprint density at radius 1 is 1.05 bits per heavy atom. The van der Waals surface area contributed by atoms with Gasteiger partial charge in [-0.1, -0.05) is 36.5 Å². The SMILES string of the molecule is CCCOc1ccc(CSC(C)=O)c(CSC(C)=O)c1. The number of carbonyl (C=O) groups is 2. The van der Waals surface area contributed by atoms with Crippen molar-refractivity contribution < 1.29 is 14.3 Å². The summed E-state index contributed by atoms with van der Waals surface area (Å²) in [5, 5.41) is 0.191. The van der Waals surface area contributed by atoms with E-state index in [1.54, 1.807) is 13.8 Å². The van der Waals surface area contributed by atoms with Crippen molar-refractivity contribution in [2.24, 2.45) is 0 Å². The lowest BCUT2D eigenvalue weighted by Gasteiger charge is -2.11. The molecule has 1 rings (SSSR count). The highest BCUT2D eigenvalue weighted by molar-refractivity contribution is 8.13. The van der Waals surface area contributed by atoms with E-state index in [1.807, 2.05) is 18.2 Å². The van der Waals surface area contributed by atoms with Gasteiger partial charge in [-0.3, -0.25) is 9.59 Å². The molecule has 0 fully saturated rings. The Balaban J connectivity index is 2.84. The molecule has 0 saturated heterocycles. The van der Waals surface area contributed by atoms with Gasteiger partial charge < -0.3 is 4.74 Å². The molecule has 0 aliphatic heterocycles. The molecule has 1 aromatic carbocycles. The van der Waals surface area contributed by atoms with Gasteiger partial charge in [-0.25, -0.2) is 0 Å². The quantitative estimate of drug-likeness (QED) is 0.760. The van der Waals surface area contributed by atoms with Crippen LogP contribution in [0.15, 0.2) is 18.2 Å². The third kappa shape index (κ3) is 6.48. The smallest absolute Gasteiger partial charge is 0.186 e. The summed E-state index contributed by atoms with van der Waals surface area (Å²) in [7, 11) is 0. The summed E-state index contributed by atoms with van der Waals surface area (Å²) in [4.78, 5) is 22.2. The molecule has 3 nitrogen and oxygen atoms in total. The van der Waals surface area contributed by atoms with Crippen LogP contribution in [0, 0.1) is 0 Å². The summed E-state index contributed by atoms with van der Waals surface area (Å²) in [5.74, 6) is 2.08. The van der Waals surface area contributed by atoms with Gasteiger partial charge in [-0.05, 0) is 29.7 Å². The molecule has 0 unspecified atom stereocenters. The van der Waals surface area contributed by atoms with Crippen molar-refractivity contribution in [2.45, 2.75) is 38.7 Å². The number of hydrogen-bond acceptors (Lipinski definition) is 5. The minimum atomic E-state index is 0.0926. The fourth-order valence-electron chi connectivity index (χ4n) is 1.55. The monoisotopic (exact) mass is 312 g/mol. The van der Waals surface area contributed by atoms with Crippen molar-refractivity contribution in [2.75, 3.05) is 6.61 Å². The normalized spacial score (nSPS) is 10.3. The zero-order valence-electron chi connectivity index (χ0n) is 12.1. The summed E-state index contributed by atoms with van der Waals surface area (Å²) in [5.41, 5.74) is 2.15. The highest BCUT2D eigenvalue weighted by atomic mass is 32.2. The molecule has 0 aliphatic rings. The van der Waals surface area contributed by atoms with E-state index >= 15 is 0 Å². The Bertz CT molecular complexity index is 472. The lowest BCUT2D eigenvalue weighted by molar-refractivity contribution is -0.109. The molecule has 0 saturated carbocycles. The van der Waals surface area contributed by atoms with Gasteiger partial charge in [0.2, 0.25) is 0 Å². The van der Waals surface area contributed by atoms with Crippen molar-refractivity contribution in [1.29, 1.82) is 0 Å². The summed E-state index contributed by atoms with van der Waals surface area (Å²) in [6.07, 6.45) is 0.958. The number of ether oxygens (including phenoxy) is 1. The number of carbonyl (C=O) groups excluding carboxylic acids is 2. The van der Waals surface area contributed by atoms with Crippen molar-refractivity contribution >= 4 is 33.8 Å². The third-order valence-electron chi connectivity index (χ3n) is 2.51. The van der Waals surface area contributed by atoms with Gasteiger partial charge >= 0.3 is 0 Å². The van der Waals surface area contributed by atoms with Crippen molar-refractivity contribution in [3.8, 4) is 5.75 Å². The van der Waals surface area contributed by atoms with Crippen LogP contribution in [-0.4, -0.2) is 16.8 Å². The third-order valence-corrected chi connectivity index (χ3v) is 4.24. The first-order valence-electron chi connectivity index (χ1n) is 6.54. The second kappa shape index (κ2) is 9.08. The predicted molar refractivity (Wildman–Crippen MR) is 86.2 cm³/mol. The summed E-state index contributed by atoms with van der Waals surface area (Å²) >= 11 is 2.56. The van der Waals surface area contributed by atoms with Crippen LogP contribution in [0.5, 0.6) is 5.75 Å². The molecular weight excluding hydrogens is 292 g/mol. The van der Waals surface area contributed by atoms with Gasteiger partial charge in [0.25, 0.3) is 0 Å². The highest BCUT2D eigenvalue weighted by Crippen LogP contribution is 2.26. The molecule has 0 spiro atoms. The standard InChI is InChI=1S/C15H20O3S2/c1-4-7-18-15-6-5-13(9-19-11(2)16)14(8-15)10-20-12(3)17/h5-6,8H,4,7,9-10H2,1-3H3. The molecule has 0 amide bonds. The highest BCUT2D eigenvalue weighted by Gasteiger charge is 2.08. The first-order valence-corrected chi connectivity index (χ1v) is 8.51. The molecular formula is C15H20O3S2. The van der Waals surface area contributed by atoms with Crippen LogP contribution in [0.4, 0.5) is 0 Å². The van der Waals surface area contributed by atoms with Crippen LogP contribution in [-0.2, 0) is 21.1 Å². The number of thioether (sulfide) groups is 2. The minimum Gasteiger partial charge on any atom is -0.494 e. The van der Waals surface area contributed by atoms with Gasteiger partial charge in [0.15, 0.2) is 10.2 Å². The molecule has 5 heteroatoms. The van der Waals surface area contributed by atoms with E-state index in [0.29, 0.717) is 18.1 Å². The maximum Gasteiger partial charge on any atom is 0.186 e. The van der Waals surface area contributed by atoms with Gasteiger partial charge in [0, 0.05) is 25.4 Å². The fraction of sp³-hybridized carbons (Fsp3) is 0.467. The zero-order chi connectivity index (χ0) is 15.0. The first-order chi connectivity index (χ1) is 9.52. The van der Waals surface area contributed by atoms with E-state index in [9.17, 15) is 9.59 Å². The second-order valence-electron chi connectivity index (χ2n) is 4.34. The zero-order valence-corrected chi connectivity index (χ0v) is 13.7. The lowest BCUT2D eigenvalue weighted by Crippen LogP contribution is -1.99. The molecule has 20 heavy (non-hydrogen) atoms. The van der Waals surface area contributed by atoms with E-state index in [4.69, 9.17) is 4.74 Å². The Hall–Kier alpha value is -0.940. The molecule has 0 heterocycles. The van der Waals surface area contributed by atoms with Crippen LogP contribution in [0.25, 0.3) is 0 Å². The molecule has 0 radical (unpaired) electrons. The van der Waals surface area contributed by atoms with E-state index in [-0.39, 0.29) is 10.2 Å². The summed E-state index contributed by atoms with van der Waals surface area (Å²) in [6.45, 7) is 5.87. The Morgan fingerprint density at radius 2 is 1.65 bits per heavy atom. The minimum absolute atomic E-state index is 0.0926. The topological polar surface area (TPSA) is 43.4 Å². The molecule has 1 aromatic rings. The molecule has 0 atom stereocenters. The van der Waals surface area contributed by atoms with Crippen LogP contribution in [0.1, 0.15) is 38.3 Å². The average Bonchev–Trinajstić information content (AvgIpc) is 2.41. The maximum atomic E-state index is 11.1. The predicted octanol–water partition coefficient (Wildman–Crippen LogP) is 4.03. The second-order valence-corrected chi connectivity index (χ2v) is 6.64. The van der Waals surface area contributed by atoms with Gasteiger partial charge in [0.1, 0.15) is 5.75 Å². The van der Waals surface area contributed by atoms with E-state index < -0.39 is 0 Å². The Labute approximate surface area is 128 Å².